The van der Waals surface area contributed by atoms with Gasteiger partial charge < -0.3 is 4.90 Å². The van der Waals surface area contributed by atoms with Gasteiger partial charge in [-0.05, 0) is 44.9 Å². The molecule has 8 heteroatoms. The minimum atomic E-state index is -4.15. The van der Waals surface area contributed by atoms with E-state index in [-0.39, 0.29) is 4.90 Å². The maximum absolute atomic E-state index is 14.2. The van der Waals surface area contributed by atoms with E-state index >= 15 is 0 Å². The average Bonchev–Trinajstić information content (AvgIpc) is 2.93. The molecule has 1 aromatic carbocycles. The summed E-state index contributed by atoms with van der Waals surface area (Å²) in [5, 5.41) is 2.97. The largest absolute Gasteiger partial charge is 0.344 e. The molecule has 0 aliphatic carbocycles. The fourth-order valence-corrected chi connectivity index (χ4v) is 3.90. The number of amides is 1. The van der Waals surface area contributed by atoms with Crippen LogP contribution in [-0.4, -0.2) is 42.2 Å². The molecule has 6 nitrogen and oxygen atoms in total. The van der Waals surface area contributed by atoms with Gasteiger partial charge in [0.05, 0.1) is 11.1 Å². The number of aromatic nitrogens is 2. The molecule has 0 spiro atoms. The Bertz CT molecular complexity index is 871. The van der Waals surface area contributed by atoms with Gasteiger partial charge in [0.2, 0.25) is 14.9 Å². The summed E-state index contributed by atoms with van der Waals surface area (Å²) in [5.41, 5.74) is 1.22. The van der Waals surface area contributed by atoms with Gasteiger partial charge in [-0.2, -0.15) is 4.68 Å². The van der Waals surface area contributed by atoms with Crippen LogP contribution in [0.15, 0.2) is 34.3 Å². The SMILES string of the molecule is CCN(CC)C(=O)n1cc(F)c(S(=O)(=O)c2cc(C)ccc2C)n1. The van der Waals surface area contributed by atoms with Crippen LogP contribution in [0.4, 0.5) is 9.18 Å². The molecule has 0 N–H and O–H groups in total. The number of sulfone groups is 1. The van der Waals surface area contributed by atoms with Crippen molar-refractivity contribution < 1.29 is 17.6 Å². The highest BCUT2D eigenvalue weighted by atomic mass is 32.2. The number of carbonyl (C=O) groups is 1. The van der Waals surface area contributed by atoms with Crippen LogP contribution in [0.25, 0.3) is 0 Å². The number of aryl methyl sites for hydroxylation is 2. The molecule has 0 aliphatic rings. The first-order chi connectivity index (χ1) is 11.2. The van der Waals surface area contributed by atoms with Gasteiger partial charge in [-0.25, -0.2) is 17.6 Å². The minimum Gasteiger partial charge on any atom is -0.323 e. The maximum Gasteiger partial charge on any atom is 0.344 e. The standard InChI is InChI=1S/C16H20FN3O3S/c1-5-19(6-2)16(21)20-10-13(17)15(18-20)24(22,23)14-9-11(3)7-8-12(14)4/h7-10H,5-6H2,1-4H3. The molecule has 2 rings (SSSR count). The monoisotopic (exact) mass is 353 g/mol. The quantitative estimate of drug-likeness (QED) is 0.847. The van der Waals surface area contributed by atoms with Crippen molar-refractivity contribution in [3.05, 3.63) is 41.3 Å². The Morgan fingerprint density at radius 2 is 1.88 bits per heavy atom. The molecule has 0 radical (unpaired) electrons. The van der Waals surface area contributed by atoms with Gasteiger partial charge in [-0.1, -0.05) is 12.1 Å². The van der Waals surface area contributed by atoms with Crippen molar-refractivity contribution in [2.45, 2.75) is 37.6 Å². The second-order valence-corrected chi connectivity index (χ2v) is 7.29. The van der Waals surface area contributed by atoms with Crippen molar-refractivity contribution in [2.75, 3.05) is 13.1 Å². The summed E-state index contributed by atoms with van der Waals surface area (Å²) in [7, 11) is -4.15. The molecule has 0 atom stereocenters. The van der Waals surface area contributed by atoms with Gasteiger partial charge in [0.25, 0.3) is 0 Å². The molecule has 2 aromatic rings. The predicted octanol–water partition coefficient (Wildman–Crippen LogP) is 2.78. The van der Waals surface area contributed by atoms with Crippen molar-refractivity contribution in [3.63, 3.8) is 0 Å². The Morgan fingerprint density at radius 3 is 2.46 bits per heavy atom. The zero-order chi connectivity index (χ0) is 18.1. The lowest BCUT2D eigenvalue weighted by Crippen LogP contribution is -2.34. The van der Waals surface area contributed by atoms with Crippen LogP contribution >= 0.6 is 0 Å². The molecular formula is C16H20FN3O3S. The van der Waals surface area contributed by atoms with Gasteiger partial charge in [0.1, 0.15) is 0 Å². The number of benzene rings is 1. The molecule has 0 saturated heterocycles. The fraction of sp³-hybridized carbons (Fsp3) is 0.375. The molecule has 130 valence electrons. The summed E-state index contributed by atoms with van der Waals surface area (Å²) in [6, 6.07) is 4.32. The third kappa shape index (κ3) is 3.19. The summed E-state index contributed by atoms with van der Waals surface area (Å²) in [6.07, 6.45) is 0.804. The van der Waals surface area contributed by atoms with E-state index in [1.807, 2.05) is 0 Å². The van der Waals surface area contributed by atoms with Gasteiger partial charge in [0.15, 0.2) is 5.82 Å². The Morgan fingerprint density at radius 1 is 1.25 bits per heavy atom. The summed E-state index contributed by atoms with van der Waals surface area (Å²) >= 11 is 0. The smallest absolute Gasteiger partial charge is 0.323 e. The van der Waals surface area contributed by atoms with E-state index in [0.29, 0.717) is 18.7 Å². The third-order valence-electron chi connectivity index (χ3n) is 3.76. The highest BCUT2D eigenvalue weighted by Crippen LogP contribution is 2.25. The van der Waals surface area contributed by atoms with Crippen molar-refractivity contribution >= 4 is 15.9 Å². The minimum absolute atomic E-state index is 0.0121. The molecule has 0 saturated carbocycles. The Kier molecular flexibility index (Phi) is 5.08. The molecular weight excluding hydrogens is 333 g/mol. The molecule has 1 amide bonds. The third-order valence-corrected chi connectivity index (χ3v) is 5.56. The van der Waals surface area contributed by atoms with E-state index in [4.69, 9.17) is 0 Å². The van der Waals surface area contributed by atoms with E-state index in [1.54, 1.807) is 39.8 Å². The van der Waals surface area contributed by atoms with Crippen molar-refractivity contribution in [2.24, 2.45) is 0 Å². The zero-order valence-electron chi connectivity index (χ0n) is 14.1. The highest BCUT2D eigenvalue weighted by Gasteiger charge is 2.29. The topological polar surface area (TPSA) is 72.3 Å². The van der Waals surface area contributed by atoms with E-state index < -0.39 is 26.7 Å². The number of rotatable bonds is 4. The normalized spacial score (nSPS) is 11.5. The number of nitrogens with zero attached hydrogens (tertiary/aromatic N) is 3. The summed E-state index contributed by atoms with van der Waals surface area (Å²) < 4.78 is 40.4. The first-order valence-electron chi connectivity index (χ1n) is 7.59. The van der Waals surface area contributed by atoms with Crippen LogP contribution in [0.3, 0.4) is 0 Å². The Balaban J connectivity index is 2.53. The molecule has 0 unspecified atom stereocenters. The molecule has 0 fully saturated rings. The molecule has 1 aromatic heterocycles. The van der Waals surface area contributed by atoms with Crippen LogP contribution in [0.1, 0.15) is 25.0 Å². The lowest BCUT2D eigenvalue weighted by molar-refractivity contribution is 0.201. The van der Waals surface area contributed by atoms with Crippen LogP contribution in [-0.2, 0) is 9.84 Å². The van der Waals surface area contributed by atoms with E-state index in [2.05, 4.69) is 5.10 Å². The van der Waals surface area contributed by atoms with Gasteiger partial charge in [-0.15, -0.1) is 5.10 Å². The van der Waals surface area contributed by atoms with Crippen LogP contribution in [0, 0.1) is 19.7 Å². The lowest BCUT2D eigenvalue weighted by Gasteiger charge is -2.17. The Hall–Kier alpha value is -2.22. The molecule has 0 bridgehead atoms. The molecule has 1 heterocycles. The number of hydrogen-bond donors (Lipinski definition) is 0. The van der Waals surface area contributed by atoms with Gasteiger partial charge in [0, 0.05) is 13.1 Å². The second kappa shape index (κ2) is 6.72. The first kappa shape index (κ1) is 18.1. The van der Waals surface area contributed by atoms with Crippen LogP contribution < -0.4 is 0 Å². The zero-order valence-corrected chi connectivity index (χ0v) is 14.9. The molecule has 24 heavy (non-hydrogen) atoms. The summed E-state index contributed by atoms with van der Waals surface area (Å²) in [4.78, 5) is 13.6. The number of hydrogen-bond acceptors (Lipinski definition) is 4. The van der Waals surface area contributed by atoms with E-state index in [1.165, 1.54) is 11.0 Å². The van der Waals surface area contributed by atoms with Gasteiger partial charge >= 0.3 is 6.03 Å². The first-order valence-corrected chi connectivity index (χ1v) is 9.07. The number of halogens is 1. The van der Waals surface area contributed by atoms with Crippen molar-refractivity contribution in [3.8, 4) is 0 Å². The molecule has 0 aliphatic heterocycles. The predicted molar refractivity (Wildman–Crippen MR) is 87.3 cm³/mol. The fourth-order valence-electron chi connectivity index (χ4n) is 2.36. The second-order valence-electron chi connectivity index (χ2n) is 5.45. The van der Waals surface area contributed by atoms with Crippen molar-refractivity contribution in [1.29, 1.82) is 0 Å². The van der Waals surface area contributed by atoms with Crippen molar-refractivity contribution in [1.82, 2.24) is 14.7 Å². The highest BCUT2D eigenvalue weighted by molar-refractivity contribution is 7.91. The van der Waals surface area contributed by atoms with Crippen LogP contribution in [0.2, 0.25) is 0 Å². The average molecular weight is 353 g/mol. The van der Waals surface area contributed by atoms with Crippen LogP contribution in [0.5, 0.6) is 0 Å². The Labute approximate surface area is 140 Å². The van der Waals surface area contributed by atoms with Gasteiger partial charge in [-0.3, -0.25) is 0 Å². The van der Waals surface area contributed by atoms with E-state index in [9.17, 15) is 17.6 Å². The van der Waals surface area contributed by atoms with E-state index in [0.717, 1.165) is 16.4 Å². The maximum atomic E-state index is 14.2. The summed E-state index contributed by atoms with van der Waals surface area (Å²) in [6.45, 7) is 7.75. The lowest BCUT2D eigenvalue weighted by atomic mass is 10.2. The number of carbonyl (C=O) groups excluding carboxylic acids is 1. The summed E-state index contributed by atoms with van der Waals surface area (Å²) in [5.74, 6) is -1.04.